The van der Waals surface area contributed by atoms with Gasteiger partial charge in [-0.3, -0.25) is 0 Å². The van der Waals surface area contributed by atoms with Gasteiger partial charge in [-0.25, -0.2) is 13.6 Å². The first kappa shape index (κ1) is 15.1. The highest BCUT2D eigenvalue weighted by Crippen LogP contribution is 2.24. The van der Waals surface area contributed by atoms with Crippen molar-refractivity contribution in [2.24, 2.45) is 5.14 Å². The number of nitrogens with one attached hydrogen (secondary N) is 1. The van der Waals surface area contributed by atoms with Gasteiger partial charge in [0.05, 0.1) is 11.4 Å². The molecule has 2 rings (SSSR count). The lowest BCUT2D eigenvalue weighted by Gasteiger charge is -2.12. The van der Waals surface area contributed by atoms with E-state index in [1.165, 1.54) is 6.07 Å². The van der Waals surface area contributed by atoms with Gasteiger partial charge in [0, 0.05) is 5.69 Å². The van der Waals surface area contributed by atoms with Crippen LogP contribution in [0.4, 0.5) is 5.69 Å². The van der Waals surface area contributed by atoms with Crippen molar-refractivity contribution in [1.82, 2.24) is 0 Å². The van der Waals surface area contributed by atoms with Crippen LogP contribution in [0.2, 0.25) is 0 Å². The average molecular weight is 359 g/mol. The third-order valence-corrected chi connectivity index (χ3v) is 4.37. The maximum atomic E-state index is 11.5. The minimum absolute atomic E-state index is 0.101. The molecule has 0 radical (unpaired) electrons. The number of benzene rings is 1. The Balaban J connectivity index is 2.29. The summed E-state index contributed by atoms with van der Waals surface area (Å²) in [6, 6.07) is 6.74. The van der Waals surface area contributed by atoms with E-state index in [0.29, 0.717) is 11.2 Å². The molecule has 7 heteroatoms. The Morgan fingerprint density at radius 3 is 2.55 bits per heavy atom. The van der Waals surface area contributed by atoms with Crippen molar-refractivity contribution < 1.29 is 12.8 Å². The minimum Gasteiger partial charge on any atom is -0.452 e. The number of primary sulfonamides is 1. The number of rotatable bonds is 4. The molecule has 2 aromatic rings. The first-order valence-corrected chi connectivity index (χ1v) is 8.23. The number of hydrogen-bond acceptors (Lipinski definition) is 4. The molecule has 108 valence electrons. The molecule has 0 atom stereocenters. The standard InChI is InChI=1S/C13H15BrN2O3S/c1-8-5-11(20(15,17)18)6-12(9(8)2)16-7-10-3-4-13(14)19-10/h3-6,16H,7H2,1-2H3,(H2,15,17,18). The molecule has 0 unspecified atom stereocenters. The predicted octanol–water partition coefficient (Wildman–Crippen LogP) is 2.92. The molecule has 0 aliphatic rings. The van der Waals surface area contributed by atoms with Crippen molar-refractivity contribution in [3.05, 3.63) is 45.8 Å². The summed E-state index contributed by atoms with van der Waals surface area (Å²) in [5, 5.41) is 8.34. The molecule has 0 saturated heterocycles. The van der Waals surface area contributed by atoms with Gasteiger partial charge in [-0.05, 0) is 65.2 Å². The summed E-state index contributed by atoms with van der Waals surface area (Å²) in [6.45, 7) is 4.22. The van der Waals surface area contributed by atoms with Gasteiger partial charge in [0.25, 0.3) is 0 Å². The van der Waals surface area contributed by atoms with Gasteiger partial charge in [0.15, 0.2) is 4.67 Å². The van der Waals surface area contributed by atoms with Crippen LogP contribution >= 0.6 is 15.9 Å². The zero-order chi connectivity index (χ0) is 14.9. The summed E-state index contributed by atoms with van der Waals surface area (Å²) in [7, 11) is -3.71. The topological polar surface area (TPSA) is 85.3 Å². The molecule has 0 aliphatic carbocycles. The van der Waals surface area contributed by atoms with Crippen molar-refractivity contribution in [3.63, 3.8) is 0 Å². The first-order valence-electron chi connectivity index (χ1n) is 5.89. The average Bonchev–Trinajstić information content (AvgIpc) is 2.75. The highest BCUT2D eigenvalue weighted by atomic mass is 79.9. The molecular formula is C13H15BrN2O3S. The lowest BCUT2D eigenvalue weighted by Crippen LogP contribution is -2.13. The lowest BCUT2D eigenvalue weighted by atomic mass is 10.1. The van der Waals surface area contributed by atoms with Gasteiger partial charge in [-0.2, -0.15) is 0 Å². The normalized spacial score (nSPS) is 11.6. The van der Waals surface area contributed by atoms with Gasteiger partial charge in [0.2, 0.25) is 10.0 Å². The van der Waals surface area contributed by atoms with Crippen LogP contribution < -0.4 is 10.5 Å². The number of halogens is 1. The molecule has 0 saturated carbocycles. The number of sulfonamides is 1. The van der Waals surface area contributed by atoms with E-state index in [-0.39, 0.29) is 4.90 Å². The SMILES string of the molecule is Cc1cc(S(N)(=O)=O)cc(NCc2ccc(Br)o2)c1C. The first-order chi connectivity index (χ1) is 9.27. The van der Waals surface area contributed by atoms with Crippen LogP contribution in [0.1, 0.15) is 16.9 Å². The molecular weight excluding hydrogens is 344 g/mol. The Hall–Kier alpha value is -1.31. The van der Waals surface area contributed by atoms with E-state index in [2.05, 4.69) is 21.2 Å². The van der Waals surface area contributed by atoms with Crippen molar-refractivity contribution in [2.75, 3.05) is 5.32 Å². The van der Waals surface area contributed by atoms with E-state index < -0.39 is 10.0 Å². The molecule has 0 aliphatic heterocycles. The summed E-state index contributed by atoms with van der Waals surface area (Å²) in [4.78, 5) is 0.101. The molecule has 0 spiro atoms. The third kappa shape index (κ3) is 3.41. The summed E-state index contributed by atoms with van der Waals surface area (Å²) < 4.78 is 28.9. The van der Waals surface area contributed by atoms with Crippen molar-refractivity contribution in [1.29, 1.82) is 0 Å². The molecule has 5 nitrogen and oxygen atoms in total. The molecule has 20 heavy (non-hydrogen) atoms. The van der Waals surface area contributed by atoms with Gasteiger partial charge < -0.3 is 9.73 Å². The van der Waals surface area contributed by atoms with E-state index >= 15 is 0 Å². The number of nitrogens with two attached hydrogens (primary N) is 1. The van der Waals surface area contributed by atoms with Crippen molar-refractivity contribution in [2.45, 2.75) is 25.3 Å². The molecule has 0 bridgehead atoms. The summed E-state index contributed by atoms with van der Waals surface area (Å²) >= 11 is 3.23. The summed E-state index contributed by atoms with van der Waals surface area (Å²) in [6.07, 6.45) is 0. The summed E-state index contributed by atoms with van der Waals surface area (Å²) in [5.41, 5.74) is 2.56. The Labute approximate surface area is 126 Å². The second-order valence-electron chi connectivity index (χ2n) is 4.52. The number of anilines is 1. The third-order valence-electron chi connectivity index (χ3n) is 3.05. The van der Waals surface area contributed by atoms with E-state index in [0.717, 1.165) is 22.6 Å². The molecule has 3 N–H and O–H groups in total. The van der Waals surface area contributed by atoms with Crippen LogP contribution in [0.25, 0.3) is 0 Å². The van der Waals surface area contributed by atoms with E-state index in [1.54, 1.807) is 12.1 Å². The van der Waals surface area contributed by atoms with Gasteiger partial charge in [-0.1, -0.05) is 0 Å². The van der Waals surface area contributed by atoms with E-state index in [1.807, 2.05) is 19.9 Å². The minimum atomic E-state index is -3.71. The Morgan fingerprint density at radius 1 is 1.30 bits per heavy atom. The fourth-order valence-corrected chi connectivity index (χ4v) is 2.77. The fraction of sp³-hybridized carbons (Fsp3) is 0.231. The quantitative estimate of drug-likeness (QED) is 0.879. The van der Waals surface area contributed by atoms with Gasteiger partial charge >= 0.3 is 0 Å². The van der Waals surface area contributed by atoms with Crippen LogP contribution in [0.15, 0.2) is 38.2 Å². The van der Waals surface area contributed by atoms with Crippen LogP contribution in [-0.2, 0) is 16.6 Å². The zero-order valence-corrected chi connectivity index (χ0v) is 13.5. The van der Waals surface area contributed by atoms with E-state index in [4.69, 9.17) is 9.56 Å². The summed E-state index contributed by atoms with van der Waals surface area (Å²) in [5.74, 6) is 0.745. The predicted molar refractivity (Wildman–Crippen MR) is 81.0 cm³/mol. The molecule has 0 fully saturated rings. The molecule has 1 heterocycles. The van der Waals surface area contributed by atoms with Crippen LogP contribution in [0.5, 0.6) is 0 Å². The Bertz CT molecular complexity index is 738. The number of hydrogen-bond donors (Lipinski definition) is 2. The van der Waals surface area contributed by atoms with Crippen LogP contribution in [0, 0.1) is 13.8 Å². The molecule has 1 aromatic heterocycles. The molecule has 0 amide bonds. The number of aryl methyl sites for hydroxylation is 1. The van der Waals surface area contributed by atoms with E-state index in [9.17, 15) is 8.42 Å². The van der Waals surface area contributed by atoms with Crippen molar-refractivity contribution in [3.8, 4) is 0 Å². The Kier molecular flexibility index (Phi) is 4.22. The van der Waals surface area contributed by atoms with Crippen LogP contribution in [0.3, 0.4) is 0 Å². The van der Waals surface area contributed by atoms with Gasteiger partial charge in [-0.15, -0.1) is 0 Å². The zero-order valence-electron chi connectivity index (χ0n) is 11.1. The highest BCUT2D eigenvalue weighted by molar-refractivity contribution is 9.10. The smallest absolute Gasteiger partial charge is 0.238 e. The maximum absolute atomic E-state index is 11.5. The van der Waals surface area contributed by atoms with Gasteiger partial charge in [0.1, 0.15) is 5.76 Å². The second kappa shape index (κ2) is 5.59. The largest absolute Gasteiger partial charge is 0.452 e. The molecule has 1 aromatic carbocycles. The maximum Gasteiger partial charge on any atom is 0.238 e. The fourth-order valence-electron chi connectivity index (χ4n) is 1.80. The van der Waals surface area contributed by atoms with Crippen LogP contribution in [-0.4, -0.2) is 8.42 Å². The lowest BCUT2D eigenvalue weighted by molar-refractivity contribution is 0.495. The van der Waals surface area contributed by atoms with Crippen molar-refractivity contribution >= 4 is 31.6 Å². The highest BCUT2D eigenvalue weighted by Gasteiger charge is 2.12. The number of furan rings is 1. The second-order valence-corrected chi connectivity index (χ2v) is 6.86. The Morgan fingerprint density at radius 2 is 2.00 bits per heavy atom. The monoisotopic (exact) mass is 358 g/mol.